The minimum absolute atomic E-state index is 0.0311. The summed E-state index contributed by atoms with van der Waals surface area (Å²) in [4.78, 5) is 14.4. The topological polar surface area (TPSA) is 77.2 Å². The molecule has 3 heterocycles. The van der Waals surface area contributed by atoms with Crippen LogP contribution in [0.5, 0.6) is 0 Å². The van der Waals surface area contributed by atoms with E-state index in [1.54, 1.807) is 34.8 Å². The average molecular weight is 581 g/mol. The Morgan fingerprint density at radius 3 is 2.41 bits per heavy atom. The fourth-order valence-corrected chi connectivity index (χ4v) is 7.74. The number of aryl methyl sites for hydroxylation is 2. The SMILES string of the molecule is CC(=O)n1cc2cc(C3CCC(S(C)(=O)=O)CC3)cc(N3CCCc4cc(-c5cnn(C)c5)c(C(F)F)cc43)c2c1. The van der Waals surface area contributed by atoms with Gasteiger partial charge >= 0.3 is 0 Å². The van der Waals surface area contributed by atoms with Gasteiger partial charge in [-0.25, -0.2) is 17.2 Å². The highest BCUT2D eigenvalue weighted by atomic mass is 32.2. The van der Waals surface area contributed by atoms with Crippen molar-refractivity contribution in [1.29, 1.82) is 0 Å². The van der Waals surface area contributed by atoms with Gasteiger partial charge in [0.05, 0.1) is 17.1 Å². The number of alkyl halides is 2. The Morgan fingerprint density at radius 1 is 1.02 bits per heavy atom. The van der Waals surface area contributed by atoms with E-state index in [0.717, 1.165) is 59.0 Å². The quantitative estimate of drug-likeness (QED) is 0.260. The number of carbonyl (C=O) groups is 1. The number of nitrogens with zero attached hydrogens (tertiary/aromatic N) is 4. The zero-order chi connectivity index (χ0) is 29.1. The second-order valence-corrected chi connectivity index (χ2v) is 13.9. The largest absolute Gasteiger partial charge is 0.341 e. The third-order valence-corrected chi connectivity index (χ3v) is 10.5. The summed E-state index contributed by atoms with van der Waals surface area (Å²) < 4.78 is 56.4. The highest BCUT2D eigenvalue weighted by Gasteiger charge is 2.31. The fourth-order valence-electron chi connectivity index (χ4n) is 6.61. The van der Waals surface area contributed by atoms with E-state index in [-0.39, 0.29) is 22.6 Å². The molecular weight excluding hydrogens is 546 g/mol. The monoisotopic (exact) mass is 580 g/mol. The molecule has 1 aliphatic carbocycles. The number of aromatic nitrogens is 3. The molecule has 2 aliphatic rings. The number of carbonyl (C=O) groups excluding carboxylic acids is 1. The van der Waals surface area contributed by atoms with E-state index in [2.05, 4.69) is 22.1 Å². The summed E-state index contributed by atoms with van der Waals surface area (Å²) in [6.45, 7) is 2.17. The first-order chi connectivity index (χ1) is 19.5. The lowest BCUT2D eigenvalue weighted by atomic mass is 9.83. The molecule has 216 valence electrons. The van der Waals surface area contributed by atoms with Gasteiger partial charge in [0.15, 0.2) is 0 Å². The number of rotatable bonds is 5. The molecule has 0 N–H and O–H groups in total. The summed E-state index contributed by atoms with van der Waals surface area (Å²) in [6.07, 6.45) is 10.1. The molecule has 0 radical (unpaired) electrons. The molecule has 6 rings (SSSR count). The molecule has 2 aromatic carbocycles. The molecule has 0 amide bonds. The molecule has 0 unspecified atom stereocenters. The molecule has 1 aliphatic heterocycles. The third kappa shape index (κ3) is 5.18. The number of fused-ring (bicyclic) bond motifs is 2. The molecule has 0 saturated heterocycles. The van der Waals surface area contributed by atoms with Crippen LogP contribution in [-0.4, -0.2) is 46.7 Å². The van der Waals surface area contributed by atoms with Crippen LogP contribution in [0.25, 0.3) is 21.9 Å². The first kappa shape index (κ1) is 27.6. The molecule has 0 bridgehead atoms. The zero-order valence-electron chi connectivity index (χ0n) is 23.5. The van der Waals surface area contributed by atoms with Gasteiger partial charge < -0.3 is 4.90 Å². The van der Waals surface area contributed by atoms with Crippen molar-refractivity contribution in [2.45, 2.75) is 63.0 Å². The predicted octanol–water partition coefficient (Wildman–Crippen LogP) is 6.79. The van der Waals surface area contributed by atoms with Crippen LogP contribution in [0.2, 0.25) is 0 Å². The Morgan fingerprint density at radius 2 is 1.78 bits per heavy atom. The van der Waals surface area contributed by atoms with Gasteiger partial charge in [-0.1, -0.05) is 0 Å². The van der Waals surface area contributed by atoms with Gasteiger partial charge in [-0.15, -0.1) is 0 Å². The molecule has 10 heteroatoms. The van der Waals surface area contributed by atoms with Crippen LogP contribution in [-0.2, 0) is 23.3 Å². The molecule has 7 nitrogen and oxygen atoms in total. The lowest BCUT2D eigenvalue weighted by Crippen LogP contribution is -2.26. The van der Waals surface area contributed by atoms with Gasteiger partial charge in [0.25, 0.3) is 6.43 Å². The van der Waals surface area contributed by atoms with Gasteiger partial charge in [-0.2, -0.15) is 5.10 Å². The smallest absolute Gasteiger partial charge is 0.264 e. The van der Waals surface area contributed by atoms with Crippen LogP contribution in [0.3, 0.4) is 0 Å². The molecule has 4 aromatic rings. The predicted molar refractivity (Wildman–Crippen MR) is 157 cm³/mol. The average Bonchev–Trinajstić information content (AvgIpc) is 3.57. The van der Waals surface area contributed by atoms with Crippen molar-refractivity contribution >= 4 is 37.9 Å². The first-order valence-corrected chi connectivity index (χ1v) is 16.0. The maximum atomic E-state index is 14.5. The number of benzene rings is 2. The zero-order valence-corrected chi connectivity index (χ0v) is 24.3. The van der Waals surface area contributed by atoms with E-state index in [4.69, 9.17) is 0 Å². The summed E-state index contributed by atoms with van der Waals surface area (Å²) in [7, 11) is -1.31. The number of hydrogen-bond donors (Lipinski definition) is 0. The Balaban J connectivity index is 1.47. The maximum absolute atomic E-state index is 14.5. The van der Waals surface area contributed by atoms with Crippen LogP contribution >= 0.6 is 0 Å². The summed E-state index contributed by atoms with van der Waals surface area (Å²) >= 11 is 0. The molecule has 1 fully saturated rings. The van der Waals surface area contributed by atoms with Crippen molar-refractivity contribution in [2.75, 3.05) is 17.7 Å². The number of sulfone groups is 1. The lowest BCUT2D eigenvalue weighted by Gasteiger charge is -2.34. The van der Waals surface area contributed by atoms with E-state index in [9.17, 15) is 22.0 Å². The standard InChI is InChI=1S/C31H34F2N4O3S/c1-19(38)36-17-23-11-22(20-6-8-25(9-7-20)41(3,39)40)13-30(28(23)18-36)37-10-4-5-21-12-26(24-15-34-35(2)16-24)27(31(32)33)14-29(21)37/h11-18,20,25,31H,4-10H2,1-3H3. The van der Waals surface area contributed by atoms with Crippen molar-refractivity contribution in [3.8, 4) is 11.1 Å². The van der Waals surface area contributed by atoms with Gasteiger partial charge in [-0.3, -0.25) is 14.0 Å². The normalized spacial score (nSPS) is 19.6. The van der Waals surface area contributed by atoms with E-state index < -0.39 is 16.3 Å². The van der Waals surface area contributed by atoms with Crippen molar-refractivity contribution < 1.29 is 22.0 Å². The van der Waals surface area contributed by atoms with Crippen molar-refractivity contribution in [1.82, 2.24) is 14.3 Å². The van der Waals surface area contributed by atoms with Gasteiger partial charge in [0, 0.05) is 72.9 Å². The Hall–Kier alpha value is -3.53. The van der Waals surface area contributed by atoms with E-state index in [0.29, 0.717) is 30.5 Å². The summed E-state index contributed by atoms with van der Waals surface area (Å²) in [6, 6.07) is 7.74. The molecule has 41 heavy (non-hydrogen) atoms. The van der Waals surface area contributed by atoms with Crippen LogP contribution in [0.4, 0.5) is 20.2 Å². The highest BCUT2D eigenvalue weighted by molar-refractivity contribution is 7.91. The summed E-state index contributed by atoms with van der Waals surface area (Å²) in [5.41, 5.74) is 4.86. The summed E-state index contributed by atoms with van der Waals surface area (Å²) in [5, 5.41) is 5.67. The Labute approximate surface area is 238 Å². The lowest BCUT2D eigenvalue weighted by molar-refractivity contribution is 0.0937. The molecular formula is C31H34F2N4O3S. The number of hydrogen-bond acceptors (Lipinski definition) is 5. The van der Waals surface area contributed by atoms with Crippen LogP contribution in [0.1, 0.15) is 72.9 Å². The van der Waals surface area contributed by atoms with E-state index in [1.165, 1.54) is 13.2 Å². The first-order valence-electron chi connectivity index (χ1n) is 14.1. The summed E-state index contributed by atoms with van der Waals surface area (Å²) in [5.74, 6) is 0.0770. The fraction of sp³-hybridized carbons (Fsp3) is 0.419. The van der Waals surface area contributed by atoms with Crippen LogP contribution in [0, 0.1) is 0 Å². The van der Waals surface area contributed by atoms with Gasteiger partial charge in [0.1, 0.15) is 9.84 Å². The Kier molecular flexibility index (Phi) is 7.00. The number of anilines is 2. The molecule has 0 spiro atoms. The second kappa shape index (κ2) is 10.4. The van der Waals surface area contributed by atoms with Crippen molar-refractivity contribution in [3.63, 3.8) is 0 Å². The highest BCUT2D eigenvalue weighted by Crippen LogP contribution is 2.45. The minimum Gasteiger partial charge on any atom is -0.341 e. The Bertz CT molecular complexity index is 1750. The van der Waals surface area contributed by atoms with Crippen LogP contribution in [0.15, 0.2) is 49.1 Å². The van der Waals surface area contributed by atoms with E-state index >= 15 is 0 Å². The second-order valence-electron chi connectivity index (χ2n) is 11.6. The molecule has 0 atom stereocenters. The van der Waals surface area contributed by atoms with E-state index in [1.807, 2.05) is 18.5 Å². The minimum atomic E-state index is -3.08. The van der Waals surface area contributed by atoms with Gasteiger partial charge in [-0.05, 0) is 85.4 Å². The third-order valence-electron chi connectivity index (χ3n) is 8.78. The molecule has 1 saturated carbocycles. The van der Waals surface area contributed by atoms with Crippen molar-refractivity contribution in [3.05, 3.63) is 65.7 Å². The maximum Gasteiger partial charge on any atom is 0.264 e. The molecule has 2 aromatic heterocycles. The van der Waals surface area contributed by atoms with Crippen molar-refractivity contribution in [2.24, 2.45) is 7.05 Å². The van der Waals surface area contributed by atoms with Crippen LogP contribution < -0.4 is 4.90 Å². The van der Waals surface area contributed by atoms with Gasteiger partial charge in [0.2, 0.25) is 5.91 Å². The number of halogens is 2.